The fourth-order valence-corrected chi connectivity index (χ4v) is 3.69. The van der Waals surface area contributed by atoms with Gasteiger partial charge in [0, 0.05) is 11.4 Å². The second kappa shape index (κ2) is 8.79. The molecule has 0 unspecified atom stereocenters. The third-order valence-electron chi connectivity index (χ3n) is 4.47. The zero-order valence-corrected chi connectivity index (χ0v) is 16.3. The summed E-state index contributed by atoms with van der Waals surface area (Å²) in [6, 6.07) is 18.1. The van der Waals surface area contributed by atoms with Gasteiger partial charge in [0.25, 0.3) is 0 Å². The average Bonchev–Trinajstić information content (AvgIpc) is 3.19. The zero-order valence-electron chi connectivity index (χ0n) is 15.4. The number of carbonyl (C=O) groups excluding carboxylic acids is 2. The van der Waals surface area contributed by atoms with Crippen LogP contribution in [0.2, 0.25) is 0 Å². The molecule has 2 aromatic carbocycles. The zero-order chi connectivity index (χ0) is 19.2. The molecule has 0 spiro atoms. The van der Waals surface area contributed by atoms with E-state index in [2.05, 4.69) is 34.9 Å². The number of fused-ring (bicyclic) bond motifs is 1. The third kappa shape index (κ3) is 4.72. The van der Waals surface area contributed by atoms with Crippen LogP contribution in [-0.2, 0) is 16.1 Å². The number of rotatable bonds is 6. The Morgan fingerprint density at radius 1 is 0.963 bits per heavy atom. The van der Waals surface area contributed by atoms with Crippen molar-refractivity contribution >= 4 is 33.9 Å². The van der Waals surface area contributed by atoms with Gasteiger partial charge in [0.15, 0.2) is 0 Å². The molecule has 3 aromatic rings. The molecular weight excluding hydrogens is 358 g/mol. The Kier molecular flexibility index (Phi) is 6.21. The van der Waals surface area contributed by atoms with Gasteiger partial charge in [-0.15, -0.1) is 11.3 Å². The lowest BCUT2D eigenvalue weighted by Crippen LogP contribution is -2.42. The van der Waals surface area contributed by atoms with Crippen LogP contribution in [-0.4, -0.2) is 37.4 Å². The van der Waals surface area contributed by atoms with Crippen molar-refractivity contribution in [2.75, 3.05) is 20.6 Å². The highest BCUT2D eigenvalue weighted by atomic mass is 32.1. The van der Waals surface area contributed by atoms with E-state index in [0.717, 1.165) is 21.2 Å². The average molecular weight is 382 g/mol. The molecule has 140 valence electrons. The summed E-state index contributed by atoms with van der Waals surface area (Å²) < 4.78 is 0. The van der Waals surface area contributed by atoms with E-state index in [0.29, 0.717) is 13.1 Å². The van der Waals surface area contributed by atoms with Gasteiger partial charge in [0.2, 0.25) is 0 Å². The first-order chi connectivity index (χ1) is 13.1. The molecule has 0 bridgehead atoms. The predicted octanol–water partition coefficient (Wildman–Crippen LogP) is 2.94. The Morgan fingerprint density at radius 3 is 2.44 bits per heavy atom. The maximum absolute atomic E-state index is 12.2. The van der Waals surface area contributed by atoms with Crippen molar-refractivity contribution in [3.05, 3.63) is 70.4 Å². The van der Waals surface area contributed by atoms with Crippen molar-refractivity contribution in [2.45, 2.75) is 12.6 Å². The Balaban J connectivity index is 1.66. The summed E-state index contributed by atoms with van der Waals surface area (Å²) in [5, 5.41) is 9.66. The molecule has 1 heterocycles. The fourth-order valence-electron chi connectivity index (χ4n) is 3.04. The molecule has 1 aromatic heterocycles. The number of nitrogens with one attached hydrogen (secondary N) is 2. The van der Waals surface area contributed by atoms with Crippen molar-refractivity contribution in [3.8, 4) is 0 Å². The van der Waals surface area contributed by atoms with Gasteiger partial charge in [0.1, 0.15) is 0 Å². The number of likely N-dealkylation sites (N-methyl/N-ethyl adjacent to an activating group) is 1. The summed E-state index contributed by atoms with van der Waals surface area (Å²) in [5.41, 5.74) is 1.12. The van der Waals surface area contributed by atoms with Crippen LogP contribution in [0.25, 0.3) is 10.8 Å². The Labute approximate surface area is 163 Å². The summed E-state index contributed by atoms with van der Waals surface area (Å²) in [7, 11) is 3.94. The third-order valence-corrected chi connectivity index (χ3v) is 5.35. The van der Waals surface area contributed by atoms with Crippen molar-refractivity contribution < 1.29 is 9.59 Å². The van der Waals surface area contributed by atoms with Crippen LogP contribution in [0.5, 0.6) is 0 Å². The van der Waals surface area contributed by atoms with E-state index in [1.165, 1.54) is 0 Å². The number of hydrogen-bond donors (Lipinski definition) is 2. The van der Waals surface area contributed by atoms with Gasteiger partial charge < -0.3 is 15.5 Å². The van der Waals surface area contributed by atoms with Gasteiger partial charge in [-0.25, -0.2) is 0 Å². The molecule has 1 atom stereocenters. The molecule has 0 fully saturated rings. The SMILES string of the molecule is CN(C)[C@@H](CNC(=O)C(=O)NCc1cccs1)c1cccc2ccccc12. The molecule has 0 aliphatic heterocycles. The molecule has 27 heavy (non-hydrogen) atoms. The number of nitrogens with zero attached hydrogens (tertiary/aromatic N) is 1. The van der Waals surface area contributed by atoms with E-state index in [-0.39, 0.29) is 6.04 Å². The lowest BCUT2D eigenvalue weighted by atomic mass is 9.98. The molecule has 0 aliphatic carbocycles. The Morgan fingerprint density at radius 2 is 1.70 bits per heavy atom. The second-order valence-electron chi connectivity index (χ2n) is 6.52. The molecule has 2 N–H and O–H groups in total. The lowest BCUT2D eigenvalue weighted by molar-refractivity contribution is -0.139. The number of hydrogen-bond acceptors (Lipinski definition) is 4. The molecule has 5 nitrogen and oxygen atoms in total. The normalized spacial score (nSPS) is 12.1. The van der Waals surface area contributed by atoms with Crippen molar-refractivity contribution in [1.29, 1.82) is 0 Å². The van der Waals surface area contributed by atoms with Crippen LogP contribution >= 0.6 is 11.3 Å². The van der Waals surface area contributed by atoms with Crippen molar-refractivity contribution in [1.82, 2.24) is 15.5 Å². The minimum absolute atomic E-state index is 0.0369. The summed E-state index contributed by atoms with van der Waals surface area (Å²) in [5.74, 6) is -1.22. The monoisotopic (exact) mass is 381 g/mol. The van der Waals surface area contributed by atoms with Crippen molar-refractivity contribution in [2.24, 2.45) is 0 Å². The highest BCUT2D eigenvalue weighted by molar-refractivity contribution is 7.09. The van der Waals surface area contributed by atoms with E-state index >= 15 is 0 Å². The summed E-state index contributed by atoms with van der Waals surface area (Å²) in [6.07, 6.45) is 0. The molecule has 3 rings (SSSR count). The van der Waals surface area contributed by atoms with Gasteiger partial charge in [0.05, 0.1) is 12.6 Å². The Bertz CT molecular complexity index is 917. The van der Waals surface area contributed by atoms with Crippen LogP contribution in [0.4, 0.5) is 0 Å². The highest BCUT2D eigenvalue weighted by Crippen LogP contribution is 2.26. The minimum atomic E-state index is -0.612. The van der Waals surface area contributed by atoms with Gasteiger partial charge in [-0.05, 0) is 41.9 Å². The number of carbonyl (C=O) groups is 2. The summed E-state index contributed by atoms with van der Waals surface area (Å²) in [4.78, 5) is 27.3. The van der Waals surface area contributed by atoms with Gasteiger partial charge in [-0.3, -0.25) is 9.59 Å². The highest BCUT2D eigenvalue weighted by Gasteiger charge is 2.20. The number of benzene rings is 2. The summed E-state index contributed by atoms with van der Waals surface area (Å²) in [6.45, 7) is 0.719. The molecule has 0 saturated carbocycles. The molecule has 0 saturated heterocycles. The van der Waals surface area contributed by atoms with Gasteiger partial charge >= 0.3 is 11.8 Å². The van der Waals surface area contributed by atoms with E-state index in [1.54, 1.807) is 11.3 Å². The van der Waals surface area contributed by atoms with Crippen molar-refractivity contribution in [3.63, 3.8) is 0 Å². The van der Waals surface area contributed by atoms with Crippen LogP contribution in [0.15, 0.2) is 60.0 Å². The largest absolute Gasteiger partial charge is 0.346 e. The van der Waals surface area contributed by atoms with Crippen LogP contribution < -0.4 is 10.6 Å². The first-order valence-corrected chi connectivity index (χ1v) is 9.66. The lowest BCUT2D eigenvalue weighted by Gasteiger charge is -2.26. The van der Waals surface area contributed by atoms with Crippen LogP contribution in [0, 0.1) is 0 Å². The fraction of sp³-hybridized carbons (Fsp3) is 0.238. The van der Waals surface area contributed by atoms with Crippen LogP contribution in [0.3, 0.4) is 0 Å². The number of thiophene rings is 1. The molecular formula is C21H23N3O2S. The first kappa shape index (κ1) is 19.1. The molecule has 2 amide bonds. The molecule has 0 aliphatic rings. The topological polar surface area (TPSA) is 61.4 Å². The smallest absolute Gasteiger partial charge is 0.309 e. The maximum Gasteiger partial charge on any atom is 0.309 e. The summed E-state index contributed by atoms with van der Waals surface area (Å²) >= 11 is 1.54. The first-order valence-electron chi connectivity index (χ1n) is 8.78. The number of amides is 2. The van der Waals surface area contributed by atoms with Gasteiger partial charge in [-0.2, -0.15) is 0 Å². The second-order valence-corrected chi connectivity index (χ2v) is 7.55. The standard InChI is InChI=1S/C21H23N3O2S/c1-24(2)19(18-11-5-8-15-7-3-4-10-17(15)18)14-23-21(26)20(25)22-13-16-9-6-12-27-16/h3-12,19H,13-14H2,1-2H3,(H,22,25)(H,23,26)/t19-/m0/s1. The maximum atomic E-state index is 12.2. The predicted molar refractivity (Wildman–Crippen MR) is 110 cm³/mol. The quantitative estimate of drug-likeness (QED) is 0.646. The minimum Gasteiger partial charge on any atom is -0.346 e. The van der Waals surface area contributed by atoms with Gasteiger partial charge in [-0.1, -0.05) is 48.5 Å². The Hall–Kier alpha value is -2.70. The van der Waals surface area contributed by atoms with E-state index in [4.69, 9.17) is 0 Å². The molecule has 6 heteroatoms. The van der Waals surface area contributed by atoms with E-state index in [1.807, 2.05) is 54.7 Å². The van der Waals surface area contributed by atoms with Crippen LogP contribution in [0.1, 0.15) is 16.5 Å². The van der Waals surface area contributed by atoms with E-state index in [9.17, 15) is 9.59 Å². The molecule has 0 radical (unpaired) electrons. The van der Waals surface area contributed by atoms with E-state index < -0.39 is 11.8 Å².